The first-order valence-corrected chi connectivity index (χ1v) is 11.9. The van der Waals surface area contributed by atoms with Crippen LogP contribution in [0.3, 0.4) is 0 Å². The van der Waals surface area contributed by atoms with Crippen molar-refractivity contribution in [3.63, 3.8) is 0 Å². The molecule has 36 heavy (non-hydrogen) atoms. The number of alkyl carbamates (subject to hydrolysis) is 1. The van der Waals surface area contributed by atoms with Gasteiger partial charge in [-0.2, -0.15) is 0 Å². The largest absolute Gasteiger partial charge is 0.480 e. The first kappa shape index (κ1) is 23.9. The van der Waals surface area contributed by atoms with Crippen LogP contribution in [0.15, 0.2) is 66.7 Å². The highest BCUT2D eigenvalue weighted by molar-refractivity contribution is 5.85. The number of carbonyl (C=O) groups excluding carboxylic acids is 1. The van der Waals surface area contributed by atoms with Crippen LogP contribution in [0.4, 0.5) is 13.6 Å². The van der Waals surface area contributed by atoms with Crippen molar-refractivity contribution < 1.29 is 28.2 Å². The van der Waals surface area contributed by atoms with E-state index in [1.165, 1.54) is 12.1 Å². The van der Waals surface area contributed by atoms with Crippen molar-refractivity contribution in [3.05, 3.63) is 95.1 Å². The monoisotopic (exact) mass is 492 g/mol. The van der Waals surface area contributed by atoms with Crippen molar-refractivity contribution in [2.45, 2.75) is 30.8 Å². The second-order valence-electron chi connectivity index (χ2n) is 9.39. The number of hydrogen-bond acceptors (Lipinski definition) is 4. The molecule has 1 saturated heterocycles. The number of amides is 1. The predicted molar refractivity (Wildman–Crippen MR) is 129 cm³/mol. The lowest BCUT2D eigenvalue weighted by Crippen LogP contribution is -2.60. The zero-order valence-electron chi connectivity index (χ0n) is 19.5. The van der Waals surface area contributed by atoms with Crippen molar-refractivity contribution >= 4 is 12.1 Å². The Balaban J connectivity index is 1.22. The predicted octanol–water partition coefficient (Wildman–Crippen LogP) is 4.92. The van der Waals surface area contributed by atoms with Gasteiger partial charge in [-0.1, -0.05) is 48.5 Å². The molecule has 6 nitrogen and oxygen atoms in total. The third kappa shape index (κ3) is 4.68. The maximum Gasteiger partial charge on any atom is 0.408 e. The Labute approximate surface area is 207 Å². The van der Waals surface area contributed by atoms with Crippen molar-refractivity contribution in [3.8, 4) is 11.1 Å². The van der Waals surface area contributed by atoms with Gasteiger partial charge in [0.2, 0.25) is 0 Å². The number of nitrogens with zero attached hydrogens (tertiary/aromatic N) is 1. The number of rotatable bonds is 6. The fourth-order valence-electron chi connectivity index (χ4n) is 5.28. The second kappa shape index (κ2) is 9.70. The number of halogens is 2. The van der Waals surface area contributed by atoms with Crippen LogP contribution in [0.2, 0.25) is 0 Å². The second-order valence-corrected chi connectivity index (χ2v) is 9.39. The van der Waals surface area contributed by atoms with Gasteiger partial charge in [-0.25, -0.2) is 18.4 Å². The van der Waals surface area contributed by atoms with Crippen LogP contribution in [0.5, 0.6) is 0 Å². The van der Waals surface area contributed by atoms with E-state index in [0.29, 0.717) is 18.7 Å². The number of benzene rings is 3. The Morgan fingerprint density at radius 1 is 0.944 bits per heavy atom. The van der Waals surface area contributed by atoms with E-state index in [0.717, 1.165) is 28.3 Å². The van der Waals surface area contributed by atoms with E-state index in [-0.39, 0.29) is 31.9 Å². The number of carboxylic acids is 1. The van der Waals surface area contributed by atoms with Gasteiger partial charge in [0.1, 0.15) is 23.8 Å². The summed E-state index contributed by atoms with van der Waals surface area (Å²) in [4.78, 5) is 26.8. The van der Waals surface area contributed by atoms with Gasteiger partial charge < -0.3 is 15.2 Å². The van der Waals surface area contributed by atoms with Crippen LogP contribution in [0.1, 0.15) is 35.4 Å². The summed E-state index contributed by atoms with van der Waals surface area (Å²) >= 11 is 0. The fraction of sp³-hybridized carbons (Fsp3) is 0.286. The zero-order valence-corrected chi connectivity index (χ0v) is 19.5. The van der Waals surface area contributed by atoms with Gasteiger partial charge in [0.25, 0.3) is 0 Å². The van der Waals surface area contributed by atoms with E-state index in [1.807, 2.05) is 53.4 Å². The summed E-state index contributed by atoms with van der Waals surface area (Å²) < 4.78 is 32.6. The van der Waals surface area contributed by atoms with Crippen molar-refractivity contribution in [1.29, 1.82) is 0 Å². The van der Waals surface area contributed by atoms with Gasteiger partial charge in [0.15, 0.2) is 0 Å². The van der Waals surface area contributed by atoms with Crippen LogP contribution in [0.25, 0.3) is 11.1 Å². The number of likely N-dealkylation sites (tertiary alicyclic amines) is 1. The molecule has 1 amide bonds. The highest BCUT2D eigenvalue weighted by Crippen LogP contribution is 2.44. The number of carbonyl (C=O) groups is 2. The van der Waals surface area contributed by atoms with Crippen LogP contribution in [-0.2, 0) is 16.1 Å². The molecule has 3 aromatic carbocycles. The number of nitrogens with one attached hydrogen (secondary N) is 1. The lowest BCUT2D eigenvalue weighted by atomic mass is 9.87. The number of fused-ring (bicyclic) bond motifs is 3. The van der Waals surface area contributed by atoms with E-state index in [2.05, 4.69) is 5.32 Å². The minimum absolute atomic E-state index is 0.0901. The van der Waals surface area contributed by atoms with E-state index in [1.54, 1.807) is 0 Å². The summed E-state index contributed by atoms with van der Waals surface area (Å²) in [7, 11) is 0. The Morgan fingerprint density at radius 2 is 1.50 bits per heavy atom. The molecule has 2 aliphatic rings. The third-order valence-electron chi connectivity index (χ3n) is 7.13. The number of aliphatic carboxylic acids is 1. The highest BCUT2D eigenvalue weighted by atomic mass is 19.1. The van der Waals surface area contributed by atoms with E-state index in [4.69, 9.17) is 4.74 Å². The number of hydrogen-bond donors (Lipinski definition) is 2. The van der Waals surface area contributed by atoms with Gasteiger partial charge in [-0.3, -0.25) is 4.90 Å². The smallest absolute Gasteiger partial charge is 0.408 e. The molecule has 0 radical (unpaired) electrons. The van der Waals surface area contributed by atoms with Gasteiger partial charge in [-0.05, 0) is 52.8 Å². The maximum absolute atomic E-state index is 13.5. The fourth-order valence-corrected chi connectivity index (χ4v) is 5.28. The molecular formula is C28H26F2N2O4. The molecule has 1 aliphatic heterocycles. The maximum atomic E-state index is 13.5. The van der Waals surface area contributed by atoms with Crippen LogP contribution in [-0.4, -0.2) is 47.3 Å². The minimum Gasteiger partial charge on any atom is -0.480 e. The summed E-state index contributed by atoms with van der Waals surface area (Å²) in [6.45, 7) is 1.06. The van der Waals surface area contributed by atoms with Crippen LogP contribution >= 0.6 is 0 Å². The van der Waals surface area contributed by atoms with E-state index < -0.39 is 29.2 Å². The lowest BCUT2D eigenvalue weighted by molar-refractivity contribution is -0.147. The Morgan fingerprint density at radius 3 is 2.06 bits per heavy atom. The Hall–Kier alpha value is -3.78. The summed E-state index contributed by atoms with van der Waals surface area (Å²) in [5, 5.41) is 12.5. The molecule has 1 fully saturated rings. The number of carboxylic acid groups (broad SMARTS) is 1. The Bertz CT molecular complexity index is 1240. The number of piperidine rings is 1. The average Bonchev–Trinajstić information content (AvgIpc) is 3.17. The topological polar surface area (TPSA) is 78.9 Å². The molecule has 0 bridgehead atoms. The molecule has 186 valence electrons. The normalized spacial score (nSPS) is 16.7. The van der Waals surface area contributed by atoms with Gasteiger partial charge in [-0.15, -0.1) is 0 Å². The standard InChI is InChI=1S/C28H26F2N2O4/c29-19-13-18(14-20(30)15-19)16-32-11-9-28(10-12-32,26(33)34)31-27(35)36-17-25-23-7-3-1-5-21(23)22-6-2-4-8-24(22)25/h1-8,13-15,25H,9-12,16-17H2,(H,31,35)(H,33,34). The Kier molecular flexibility index (Phi) is 6.45. The zero-order chi connectivity index (χ0) is 25.3. The molecular weight excluding hydrogens is 466 g/mol. The third-order valence-corrected chi connectivity index (χ3v) is 7.13. The molecule has 1 heterocycles. The van der Waals surface area contributed by atoms with Gasteiger partial charge in [0.05, 0.1) is 0 Å². The summed E-state index contributed by atoms with van der Waals surface area (Å²) in [6, 6.07) is 19.3. The van der Waals surface area contributed by atoms with E-state index in [9.17, 15) is 23.5 Å². The molecule has 0 spiro atoms. The summed E-state index contributed by atoms with van der Waals surface area (Å²) in [5.41, 5.74) is 3.36. The van der Waals surface area contributed by atoms with E-state index >= 15 is 0 Å². The highest BCUT2D eigenvalue weighted by Gasteiger charge is 2.43. The van der Waals surface area contributed by atoms with Crippen molar-refractivity contribution in [2.24, 2.45) is 0 Å². The molecule has 2 N–H and O–H groups in total. The molecule has 0 saturated carbocycles. The quantitative estimate of drug-likeness (QED) is 0.511. The molecule has 1 aliphatic carbocycles. The first-order valence-electron chi connectivity index (χ1n) is 11.9. The average molecular weight is 493 g/mol. The van der Waals surface area contributed by atoms with Gasteiger partial charge >= 0.3 is 12.1 Å². The molecule has 5 rings (SSSR count). The molecule has 0 aromatic heterocycles. The summed E-state index contributed by atoms with van der Waals surface area (Å²) in [5.74, 6) is -2.57. The van der Waals surface area contributed by atoms with Crippen LogP contribution in [0, 0.1) is 11.6 Å². The molecule has 0 unspecified atom stereocenters. The summed E-state index contributed by atoms with van der Waals surface area (Å²) in [6.07, 6.45) is -0.491. The number of ether oxygens (including phenoxy) is 1. The minimum atomic E-state index is -1.47. The molecule has 8 heteroatoms. The van der Waals surface area contributed by atoms with Crippen molar-refractivity contribution in [1.82, 2.24) is 10.2 Å². The molecule has 3 aromatic rings. The SMILES string of the molecule is O=C(NC1(C(=O)O)CCN(Cc2cc(F)cc(F)c2)CC1)OCC1c2ccccc2-c2ccccc21. The lowest BCUT2D eigenvalue weighted by Gasteiger charge is -2.39. The van der Waals surface area contributed by atoms with Crippen molar-refractivity contribution in [2.75, 3.05) is 19.7 Å². The van der Waals surface area contributed by atoms with Gasteiger partial charge in [0, 0.05) is 31.6 Å². The van der Waals surface area contributed by atoms with Crippen LogP contribution < -0.4 is 5.32 Å². The molecule has 0 atom stereocenters. The first-order chi connectivity index (χ1) is 17.3.